The standard InChI is InChI=1S/C14H16F6N2O/c1-9-4-3-7-22(9)8-10-11(21-13(15,16)17)5-2-6-12(10)23-14(18,19)20/h2,5-6,9,21H,3-4,7-8H2,1H3. The van der Waals surface area contributed by atoms with Crippen LogP contribution in [0, 0.1) is 0 Å². The van der Waals surface area contributed by atoms with Crippen LogP contribution in [0.5, 0.6) is 5.75 Å². The topological polar surface area (TPSA) is 24.5 Å². The Labute approximate surface area is 129 Å². The Morgan fingerprint density at radius 1 is 1.22 bits per heavy atom. The average molecular weight is 342 g/mol. The molecule has 0 spiro atoms. The molecule has 1 aromatic carbocycles. The van der Waals surface area contributed by atoms with E-state index in [4.69, 9.17) is 0 Å². The maximum atomic E-state index is 12.6. The van der Waals surface area contributed by atoms with Crippen LogP contribution < -0.4 is 10.1 Å². The molecule has 1 aromatic rings. The van der Waals surface area contributed by atoms with E-state index in [1.54, 1.807) is 0 Å². The Kier molecular flexibility index (Phi) is 4.98. The highest BCUT2D eigenvalue weighted by Gasteiger charge is 2.35. The molecule has 1 aliphatic heterocycles. The Morgan fingerprint density at radius 3 is 2.43 bits per heavy atom. The van der Waals surface area contributed by atoms with Gasteiger partial charge in [0.1, 0.15) is 5.75 Å². The van der Waals surface area contributed by atoms with Crippen LogP contribution in [0.1, 0.15) is 25.3 Å². The molecule has 0 amide bonds. The maximum Gasteiger partial charge on any atom is 0.573 e. The Hall–Kier alpha value is -1.64. The van der Waals surface area contributed by atoms with Gasteiger partial charge >= 0.3 is 12.7 Å². The van der Waals surface area contributed by atoms with E-state index in [9.17, 15) is 26.3 Å². The second-order valence-electron chi connectivity index (χ2n) is 5.41. The van der Waals surface area contributed by atoms with Gasteiger partial charge in [0.15, 0.2) is 0 Å². The lowest BCUT2D eigenvalue weighted by Gasteiger charge is -2.25. The summed E-state index contributed by atoms with van der Waals surface area (Å²) in [7, 11) is 0. The molecule has 0 bridgehead atoms. The number of rotatable bonds is 4. The molecule has 9 heteroatoms. The molecule has 1 aliphatic rings. The minimum absolute atomic E-state index is 0.0498. The van der Waals surface area contributed by atoms with Crippen molar-refractivity contribution in [3.8, 4) is 5.75 Å². The molecular formula is C14H16F6N2O. The number of hydrogen-bond acceptors (Lipinski definition) is 3. The lowest BCUT2D eigenvalue weighted by molar-refractivity contribution is -0.274. The number of nitrogens with zero attached hydrogens (tertiary/aromatic N) is 1. The highest BCUT2D eigenvalue weighted by atomic mass is 19.4. The van der Waals surface area contributed by atoms with Gasteiger partial charge in [-0.15, -0.1) is 13.2 Å². The highest BCUT2D eigenvalue weighted by Crippen LogP contribution is 2.35. The van der Waals surface area contributed by atoms with Gasteiger partial charge in [-0.05, 0) is 38.4 Å². The third-order valence-electron chi connectivity index (χ3n) is 3.69. The van der Waals surface area contributed by atoms with Gasteiger partial charge in [-0.25, -0.2) is 0 Å². The smallest absolute Gasteiger partial charge is 0.405 e. The summed E-state index contributed by atoms with van der Waals surface area (Å²) in [4.78, 5) is 1.83. The van der Waals surface area contributed by atoms with Crippen molar-refractivity contribution in [2.45, 2.75) is 45.0 Å². The van der Waals surface area contributed by atoms with Gasteiger partial charge in [0.05, 0.1) is 0 Å². The lowest BCUT2D eigenvalue weighted by atomic mass is 10.1. The zero-order chi connectivity index (χ0) is 17.3. The van der Waals surface area contributed by atoms with Gasteiger partial charge in [0, 0.05) is 23.8 Å². The summed E-state index contributed by atoms with van der Waals surface area (Å²) in [5.41, 5.74) is -0.589. The molecular weight excluding hydrogens is 326 g/mol. The summed E-state index contributed by atoms with van der Waals surface area (Å²) in [5.74, 6) is -0.620. The van der Waals surface area contributed by atoms with Crippen molar-refractivity contribution in [3.05, 3.63) is 23.8 Å². The third-order valence-corrected chi connectivity index (χ3v) is 3.69. The first-order chi connectivity index (χ1) is 10.6. The molecule has 1 N–H and O–H groups in total. The zero-order valence-corrected chi connectivity index (χ0v) is 12.3. The van der Waals surface area contributed by atoms with Gasteiger partial charge in [0.25, 0.3) is 0 Å². The van der Waals surface area contributed by atoms with Crippen molar-refractivity contribution in [2.75, 3.05) is 11.9 Å². The van der Waals surface area contributed by atoms with E-state index >= 15 is 0 Å². The zero-order valence-electron chi connectivity index (χ0n) is 12.3. The van der Waals surface area contributed by atoms with Crippen molar-refractivity contribution < 1.29 is 31.1 Å². The van der Waals surface area contributed by atoms with Crippen LogP contribution in [-0.4, -0.2) is 30.1 Å². The fraction of sp³-hybridized carbons (Fsp3) is 0.571. The minimum atomic E-state index is -4.97. The molecule has 1 atom stereocenters. The fourth-order valence-electron chi connectivity index (χ4n) is 2.65. The molecule has 1 unspecified atom stereocenters. The molecule has 0 aromatic heterocycles. The first-order valence-electron chi connectivity index (χ1n) is 7.02. The molecule has 0 saturated carbocycles. The third kappa shape index (κ3) is 5.19. The van der Waals surface area contributed by atoms with Crippen molar-refractivity contribution in [1.82, 2.24) is 4.90 Å². The summed E-state index contributed by atoms with van der Waals surface area (Å²) in [6.45, 7) is 2.45. The quantitative estimate of drug-likeness (QED) is 0.644. The van der Waals surface area contributed by atoms with E-state index in [2.05, 4.69) is 4.74 Å². The lowest BCUT2D eigenvalue weighted by Crippen LogP contribution is -2.29. The summed E-state index contributed by atoms with van der Waals surface area (Å²) in [5, 5.41) is 1.29. The van der Waals surface area contributed by atoms with Crippen LogP contribution in [0.25, 0.3) is 0 Å². The second-order valence-corrected chi connectivity index (χ2v) is 5.41. The second kappa shape index (κ2) is 6.46. The number of benzene rings is 1. The first kappa shape index (κ1) is 17.7. The minimum Gasteiger partial charge on any atom is -0.405 e. The number of halogens is 6. The van der Waals surface area contributed by atoms with Gasteiger partial charge in [-0.2, -0.15) is 13.2 Å². The Morgan fingerprint density at radius 2 is 1.91 bits per heavy atom. The average Bonchev–Trinajstić information content (AvgIpc) is 2.75. The number of ether oxygens (including phenoxy) is 1. The van der Waals surface area contributed by atoms with E-state index in [1.807, 2.05) is 11.8 Å². The van der Waals surface area contributed by atoms with Gasteiger partial charge < -0.3 is 4.74 Å². The largest absolute Gasteiger partial charge is 0.573 e. The van der Waals surface area contributed by atoms with Crippen LogP contribution in [0.15, 0.2) is 18.2 Å². The Bertz CT molecular complexity index is 509. The molecule has 3 nitrogen and oxygen atoms in total. The number of anilines is 1. The molecule has 23 heavy (non-hydrogen) atoms. The molecule has 2 rings (SSSR count). The molecule has 1 heterocycles. The molecule has 0 aliphatic carbocycles. The number of hydrogen-bond donors (Lipinski definition) is 1. The van der Waals surface area contributed by atoms with E-state index in [0.717, 1.165) is 31.0 Å². The van der Waals surface area contributed by atoms with Gasteiger partial charge in [-0.3, -0.25) is 10.2 Å². The van der Waals surface area contributed by atoms with Gasteiger partial charge in [0.2, 0.25) is 0 Å². The van der Waals surface area contributed by atoms with Crippen LogP contribution in [0.3, 0.4) is 0 Å². The highest BCUT2D eigenvalue weighted by molar-refractivity contribution is 5.58. The van der Waals surface area contributed by atoms with Gasteiger partial charge in [-0.1, -0.05) is 6.07 Å². The van der Waals surface area contributed by atoms with Crippen LogP contribution in [-0.2, 0) is 6.54 Å². The monoisotopic (exact) mass is 342 g/mol. The fourth-order valence-corrected chi connectivity index (χ4v) is 2.65. The summed E-state index contributed by atoms with van der Waals surface area (Å²) in [6.07, 6.45) is -8.01. The Balaban J connectivity index is 2.35. The molecule has 1 fully saturated rings. The van der Waals surface area contributed by atoms with E-state index < -0.39 is 24.1 Å². The predicted molar refractivity (Wildman–Crippen MR) is 71.9 cm³/mol. The predicted octanol–water partition coefficient (Wildman–Crippen LogP) is 4.50. The number of alkyl halides is 6. The summed E-state index contributed by atoms with van der Waals surface area (Å²) < 4.78 is 79.2. The van der Waals surface area contributed by atoms with Crippen molar-refractivity contribution in [2.24, 2.45) is 0 Å². The molecule has 130 valence electrons. The first-order valence-corrected chi connectivity index (χ1v) is 7.02. The van der Waals surface area contributed by atoms with Crippen LogP contribution in [0.4, 0.5) is 32.0 Å². The molecule has 1 saturated heterocycles. The van der Waals surface area contributed by atoms with E-state index in [-0.39, 0.29) is 18.2 Å². The SMILES string of the molecule is CC1CCCN1Cc1c(NC(F)(F)F)cccc1OC(F)(F)F. The van der Waals surface area contributed by atoms with E-state index in [1.165, 1.54) is 5.32 Å². The van der Waals surface area contributed by atoms with Crippen molar-refractivity contribution in [3.63, 3.8) is 0 Å². The van der Waals surface area contributed by atoms with Crippen molar-refractivity contribution >= 4 is 5.69 Å². The van der Waals surface area contributed by atoms with Crippen LogP contribution in [0.2, 0.25) is 0 Å². The van der Waals surface area contributed by atoms with E-state index in [0.29, 0.717) is 6.54 Å². The summed E-state index contributed by atoms with van der Waals surface area (Å²) in [6, 6.07) is 3.29. The normalized spacial score (nSPS) is 19.9. The van der Waals surface area contributed by atoms with Crippen molar-refractivity contribution in [1.29, 1.82) is 0 Å². The number of nitrogens with one attached hydrogen (secondary N) is 1. The summed E-state index contributed by atoms with van der Waals surface area (Å²) >= 11 is 0. The molecule has 0 radical (unpaired) electrons. The maximum absolute atomic E-state index is 12.6. The van der Waals surface area contributed by atoms with Crippen LogP contribution >= 0.6 is 0 Å². The number of likely N-dealkylation sites (tertiary alicyclic amines) is 1.